The summed E-state index contributed by atoms with van der Waals surface area (Å²) in [5.74, 6) is 0. The quantitative estimate of drug-likeness (QED) is 0.177. The van der Waals surface area contributed by atoms with Crippen molar-refractivity contribution in [3.05, 3.63) is 199 Å². The maximum Gasteiger partial charge on any atom is 0.0991 e. The number of hydrogen-bond acceptors (Lipinski definition) is 2. The van der Waals surface area contributed by atoms with Crippen LogP contribution in [0.25, 0.3) is 55.3 Å². The summed E-state index contributed by atoms with van der Waals surface area (Å²) in [5.41, 5.74) is 16.1. The molecule has 0 N–H and O–H groups in total. The second-order valence-electron chi connectivity index (χ2n) is 14.1. The number of rotatable bonds is 6. The molecule has 0 fully saturated rings. The van der Waals surface area contributed by atoms with Gasteiger partial charge < -0.3 is 4.90 Å². The van der Waals surface area contributed by atoms with Gasteiger partial charge in [0.2, 0.25) is 0 Å². The molecular formula is C50H36N2. The van der Waals surface area contributed by atoms with Crippen LogP contribution in [0.4, 0.5) is 17.1 Å². The Bertz CT molecular complexity index is 2530. The lowest BCUT2D eigenvalue weighted by Gasteiger charge is -2.26. The van der Waals surface area contributed by atoms with Gasteiger partial charge in [-0.05, 0) is 121 Å². The topological polar surface area (TPSA) is 27.0 Å². The van der Waals surface area contributed by atoms with Gasteiger partial charge in [-0.2, -0.15) is 5.26 Å². The molecule has 0 aromatic heterocycles. The Morgan fingerprint density at radius 1 is 0.462 bits per heavy atom. The molecule has 0 bridgehead atoms. The van der Waals surface area contributed by atoms with Crippen molar-refractivity contribution >= 4 is 27.8 Å². The molecule has 0 heterocycles. The highest BCUT2D eigenvalue weighted by Crippen LogP contribution is 2.55. The molecule has 0 atom stereocenters. The van der Waals surface area contributed by atoms with Gasteiger partial charge in [-0.15, -0.1) is 0 Å². The van der Waals surface area contributed by atoms with E-state index in [1.807, 2.05) is 6.07 Å². The molecule has 8 aromatic rings. The molecule has 0 aliphatic heterocycles. The summed E-state index contributed by atoms with van der Waals surface area (Å²) < 4.78 is 0. The van der Waals surface area contributed by atoms with Crippen molar-refractivity contribution in [3.8, 4) is 50.6 Å². The molecule has 8 aromatic carbocycles. The van der Waals surface area contributed by atoms with Crippen LogP contribution in [-0.4, -0.2) is 0 Å². The highest BCUT2D eigenvalue weighted by molar-refractivity contribution is 6.05. The van der Waals surface area contributed by atoms with Crippen molar-refractivity contribution in [2.24, 2.45) is 0 Å². The Morgan fingerprint density at radius 3 is 1.48 bits per heavy atom. The number of hydrogen-bond donors (Lipinski definition) is 0. The average molecular weight is 665 g/mol. The number of anilines is 3. The average Bonchev–Trinajstić information content (AvgIpc) is 3.46. The van der Waals surface area contributed by atoms with Crippen molar-refractivity contribution in [1.82, 2.24) is 0 Å². The van der Waals surface area contributed by atoms with Crippen LogP contribution in [0.5, 0.6) is 0 Å². The van der Waals surface area contributed by atoms with E-state index in [2.05, 4.69) is 201 Å². The zero-order chi connectivity index (χ0) is 35.2. The zero-order valence-corrected chi connectivity index (χ0v) is 29.2. The molecule has 0 spiro atoms. The van der Waals surface area contributed by atoms with E-state index in [0.29, 0.717) is 5.56 Å². The molecule has 9 rings (SSSR count). The van der Waals surface area contributed by atoms with E-state index in [-0.39, 0.29) is 5.41 Å². The summed E-state index contributed by atoms with van der Waals surface area (Å²) >= 11 is 0. The molecule has 0 saturated carbocycles. The van der Waals surface area contributed by atoms with Crippen molar-refractivity contribution in [1.29, 1.82) is 5.26 Å². The minimum atomic E-state index is -0.206. The number of nitriles is 1. The Labute approximate surface area is 305 Å². The monoisotopic (exact) mass is 664 g/mol. The molecule has 2 heteroatoms. The van der Waals surface area contributed by atoms with Crippen LogP contribution in [-0.2, 0) is 5.41 Å². The number of benzene rings is 8. The minimum Gasteiger partial charge on any atom is -0.311 e. The van der Waals surface area contributed by atoms with E-state index in [0.717, 1.165) is 33.4 Å². The van der Waals surface area contributed by atoms with Gasteiger partial charge >= 0.3 is 0 Å². The van der Waals surface area contributed by atoms with Crippen LogP contribution in [0.3, 0.4) is 0 Å². The van der Waals surface area contributed by atoms with E-state index < -0.39 is 0 Å². The Morgan fingerprint density at radius 2 is 0.942 bits per heavy atom. The lowest BCUT2D eigenvalue weighted by Crippen LogP contribution is -2.15. The molecule has 0 unspecified atom stereocenters. The van der Waals surface area contributed by atoms with E-state index in [1.165, 1.54) is 50.1 Å². The van der Waals surface area contributed by atoms with Gasteiger partial charge in [-0.25, -0.2) is 0 Å². The summed E-state index contributed by atoms with van der Waals surface area (Å²) in [6, 6.07) is 67.3. The third-order valence-electron chi connectivity index (χ3n) is 10.7. The van der Waals surface area contributed by atoms with Crippen LogP contribution in [0.2, 0.25) is 0 Å². The van der Waals surface area contributed by atoms with Gasteiger partial charge in [0.25, 0.3) is 0 Å². The van der Waals surface area contributed by atoms with Crippen molar-refractivity contribution in [2.45, 2.75) is 19.3 Å². The van der Waals surface area contributed by atoms with Gasteiger partial charge in [0.05, 0.1) is 11.6 Å². The fourth-order valence-corrected chi connectivity index (χ4v) is 8.11. The fourth-order valence-electron chi connectivity index (χ4n) is 8.11. The Hall–Kier alpha value is -6.69. The standard InChI is InChI=1S/C50H36N2/c1-50(2)47-16-10-9-15-44(47)48-45(32-40-18-17-34(33-51)31-46(40)49(48)50)39-23-29-43(30-24-39)52(41-25-19-37(20-26-41)35-11-5-3-6-12-35)42-27-21-38(22-28-42)36-13-7-4-8-14-36/h3-32H,1-2H3. The van der Waals surface area contributed by atoms with Gasteiger partial charge in [-0.3, -0.25) is 0 Å². The van der Waals surface area contributed by atoms with E-state index in [1.54, 1.807) is 0 Å². The van der Waals surface area contributed by atoms with E-state index in [9.17, 15) is 5.26 Å². The molecule has 246 valence electrons. The normalized spacial score (nSPS) is 12.6. The summed E-state index contributed by atoms with van der Waals surface area (Å²) in [5, 5.41) is 12.1. The molecule has 0 radical (unpaired) electrons. The molecule has 0 amide bonds. The predicted molar refractivity (Wildman–Crippen MR) is 217 cm³/mol. The Kier molecular flexibility index (Phi) is 7.57. The van der Waals surface area contributed by atoms with Crippen molar-refractivity contribution in [2.75, 3.05) is 4.90 Å². The second-order valence-corrected chi connectivity index (χ2v) is 14.1. The van der Waals surface area contributed by atoms with Crippen LogP contribution in [0.1, 0.15) is 30.5 Å². The first-order chi connectivity index (χ1) is 25.5. The third kappa shape index (κ3) is 5.27. The fraction of sp³-hybridized carbons (Fsp3) is 0.0600. The summed E-state index contributed by atoms with van der Waals surface area (Å²) in [6.07, 6.45) is 0. The Balaban J connectivity index is 1.17. The van der Waals surface area contributed by atoms with Crippen molar-refractivity contribution < 1.29 is 0 Å². The summed E-state index contributed by atoms with van der Waals surface area (Å²) in [7, 11) is 0. The molecule has 1 aliphatic rings. The number of fused-ring (bicyclic) bond motifs is 5. The summed E-state index contributed by atoms with van der Waals surface area (Å²) in [4.78, 5) is 2.33. The highest BCUT2D eigenvalue weighted by Gasteiger charge is 2.38. The van der Waals surface area contributed by atoms with Gasteiger partial charge in [-0.1, -0.05) is 141 Å². The molecular weight excluding hydrogens is 629 g/mol. The molecule has 1 aliphatic carbocycles. The SMILES string of the molecule is CC1(C)c2ccccc2-c2c(-c3ccc(N(c4ccc(-c5ccccc5)cc4)c4ccc(-c5ccccc5)cc4)cc3)cc3ccc(C#N)cc3c21. The molecule has 2 nitrogen and oxygen atoms in total. The van der Waals surface area contributed by atoms with Crippen LogP contribution in [0, 0.1) is 11.3 Å². The predicted octanol–water partition coefficient (Wildman–Crippen LogP) is 13.5. The lowest BCUT2D eigenvalue weighted by atomic mass is 9.79. The largest absolute Gasteiger partial charge is 0.311 e. The first-order valence-corrected chi connectivity index (χ1v) is 17.8. The zero-order valence-electron chi connectivity index (χ0n) is 29.2. The third-order valence-corrected chi connectivity index (χ3v) is 10.7. The van der Waals surface area contributed by atoms with Gasteiger partial charge in [0.15, 0.2) is 0 Å². The lowest BCUT2D eigenvalue weighted by molar-refractivity contribution is 0.666. The first kappa shape index (κ1) is 31.3. The van der Waals surface area contributed by atoms with Crippen LogP contribution in [0.15, 0.2) is 182 Å². The van der Waals surface area contributed by atoms with Gasteiger partial charge in [0.1, 0.15) is 0 Å². The van der Waals surface area contributed by atoms with Crippen molar-refractivity contribution in [3.63, 3.8) is 0 Å². The maximum atomic E-state index is 9.79. The minimum absolute atomic E-state index is 0.206. The second kappa shape index (κ2) is 12.6. The van der Waals surface area contributed by atoms with Crippen LogP contribution >= 0.6 is 0 Å². The molecule has 52 heavy (non-hydrogen) atoms. The van der Waals surface area contributed by atoms with Gasteiger partial charge in [0, 0.05) is 22.5 Å². The molecule has 0 saturated heterocycles. The first-order valence-electron chi connectivity index (χ1n) is 17.8. The van der Waals surface area contributed by atoms with E-state index >= 15 is 0 Å². The highest BCUT2D eigenvalue weighted by atomic mass is 15.1. The number of nitrogens with zero attached hydrogens (tertiary/aromatic N) is 2. The maximum absolute atomic E-state index is 9.79. The summed E-state index contributed by atoms with van der Waals surface area (Å²) in [6.45, 7) is 4.63. The van der Waals surface area contributed by atoms with Crippen LogP contribution < -0.4 is 4.90 Å². The van der Waals surface area contributed by atoms with E-state index in [4.69, 9.17) is 0 Å². The smallest absolute Gasteiger partial charge is 0.0991 e.